The molecular weight excluding hydrogens is 1030 g/mol. The largest absolute Gasteiger partial charge is 0.488 e. The molecule has 4 fully saturated rings. The van der Waals surface area contributed by atoms with E-state index in [1.54, 1.807) is 12.1 Å². The molecule has 4 N–H and O–H groups in total. The standard InChI is InChI=1S/C50H54Cl2F6N8O8/c1-47(2,49(53,54)55)37(61-45(69)71-5)43(67)65-27-11-7-9-21(27)15-29(65)41-59-35(39(51)63-41)23-13-25-19-74-32-18-24(14-26-20-73-31(17-23)33(25)34(26)32)36-40(52)64-42(60-36)30-16-22-10-8-12-28(22)66(30)44(68)38(62-46(70)72-6)48(3,4)50(56,57)58/h13-14,17-18,21-22,27-30,37-38H,7-12,15-16,19-20H2,1-6H3,(H,59,63)(H,60,64)(H,61,69)(H,62,70)/t21-,22-,27-,28-,29-,30-,37+,38+/m0/s1. The van der Waals surface area contributed by atoms with Crippen molar-refractivity contribution in [1.82, 2.24) is 40.4 Å². The molecule has 398 valence electrons. The predicted molar refractivity (Wildman–Crippen MR) is 255 cm³/mol. The van der Waals surface area contributed by atoms with Crippen LogP contribution in [-0.4, -0.2) is 104 Å². The zero-order valence-electron chi connectivity index (χ0n) is 41.1. The molecule has 16 nitrogen and oxygen atoms in total. The zero-order chi connectivity index (χ0) is 53.1. The van der Waals surface area contributed by atoms with Crippen molar-refractivity contribution < 1.29 is 64.5 Å². The quantitative estimate of drug-likeness (QED) is 0.111. The Morgan fingerprint density at radius 3 is 1.38 bits per heavy atom. The van der Waals surface area contributed by atoms with Gasteiger partial charge in [-0.2, -0.15) is 26.3 Å². The molecule has 2 aromatic heterocycles. The summed E-state index contributed by atoms with van der Waals surface area (Å²) in [6.45, 7) is 3.63. The number of methoxy groups -OCH3 is 2. The predicted octanol–water partition coefficient (Wildman–Crippen LogP) is 10.7. The number of hydrogen-bond donors (Lipinski definition) is 4. The summed E-state index contributed by atoms with van der Waals surface area (Å²) >= 11 is 13.8. The number of hydrogen-bond acceptors (Lipinski definition) is 10. The molecule has 2 saturated carbocycles. The molecule has 4 aliphatic heterocycles. The third kappa shape index (κ3) is 8.45. The molecule has 10 rings (SSSR count). The minimum atomic E-state index is -4.87. The van der Waals surface area contributed by atoms with E-state index in [4.69, 9.17) is 42.6 Å². The highest BCUT2D eigenvalue weighted by atomic mass is 35.5. The number of H-pyrrole nitrogens is 2. The van der Waals surface area contributed by atoms with E-state index in [0.29, 0.717) is 59.7 Å². The number of rotatable bonds is 10. The van der Waals surface area contributed by atoms with Crippen LogP contribution in [0.1, 0.15) is 114 Å². The first-order chi connectivity index (χ1) is 34.8. The van der Waals surface area contributed by atoms with Crippen molar-refractivity contribution in [2.45, 2.75) is 141 Å². The van der Waals surface area contributed by atoms with Crippen molar-refractivity contribution >= 4 is 47.2 Å². The Labute approximate surface area is 430 Å². The molecule has 0 unspecified atom stereocenters. The van der Waals surface area contributed by atoms with Gasteiger partial charge in [-0.3, -0.25) is 9.59 Å². The van der Waals surface area contributed by atoms with E-state index >= 15 is 0 Å². The molecule has 0 spiro atoms. The number of benzene rings is 2. The van der Waals surface area contributed by atoms with Crippen molar-refractivity contribution in [3.8, 4) is 45.1 Å². The van der Waals surface area contributed by atoms with Crippen molar-refractivity contribution in [2.75, 3.05) is 14.2 Å². The van der Waals surface area contributed by atoms with E-state index in [1.165, 1.54) is 9.80 Å². The SMILES string of the molecule is COC(=O)N[C@H](C(=O)N1[C@H](c2nc(-c3cc4c5c(c3)OCc3cc(-c6nc([C@@H]7C[C@@H]8CCC[C@@H]8N7C(=O)[C@@H](NC(=O)OC)C(C)(C)C(F)(F)F)[nH]c6Cl)cc(c3-5)OC4)c(Cl)[nH]2)C[C@@H]2CCC[C@@H]21)C(C)(C)C(F)(F)F. The second-order valence-corrected chi connectivity index (χ2v) is 22.0. The molecule has 0 radical (unpaired) electrons. The lowest BCUT2D eigenvalue weighted by Gasteiger charge is -2.39. The van der Waals surface area contributed by atoms with Gasteiger partial charge in [0.1, 0.15) is 70.1 Å². The minimum absolute atomic E-state index is 0.0181. The van der Waals surface area contributed by atoms with Crippen molar-refractivity contribution in [1.29, 1.82) is 0 Å². The number of fused-ring (bicyclic) bond motifs is 2. The third-order valence-electron chi connectivity index (χ3n) is 16.4. The summed E-state index contributed by atoms with van der Waals surface area (Å²) in [6.07, 6.45) is -7.06. The molecule has 2 aliphatic carbocycles. The van der Waals surface area contributed by atoms with E-state index in [-0.39, 0.29) is 47.0 Å². The molecule has 4 aromatic rings. The third-order valence-corrected chi connectivity index (χ3v) is 16.9. The number of nitrogens with zero attached hydrogens (tertiary/aromatic N) is 4. The number of amides is 4. The molecule has 24 heteroatoms. The number of imidazole rings is 2. The van der Waals surface area contributed by atoms with Crippen LogP contribution >= 0.6 is 23.2 Å². The molecule has 2 saturated heterocycles. The van der Waals surface area contributed by atoms with Crippen molar-refractivity contribution in [3.63, 3.8) is 0 Å². The summed E-state index contributed by atoms with van der Waals surface area (Å²) in [4.78, 5) is 72.6. The van der Waals surface area contributed by atoms with Gasteiger partial charge in [-0.25, -0.2) is 19.6 Å². The highest BCUT2D eigenvalue weighted by Crippen LogP contribution is 2.55. The normalized spacial score (nSPS) is 23.8. The monoisotopic (exact) mass is 1080 g/mol. The summed E-state index contributed by atoms with van der Waals surface area (Å²) in [6, 6.07) is 0.916. The van der Waals surface area contributed by atoms with Gasteiger partial charge in [0.05, 0.1) is 37.1 Å². The van der Waals surface area contributed by atoms with E-state index in [0.717, 1.165) is 89.9 Å². The van der Waals surface area contributed by atoms with Gasteiger partial charge in [0.15, 0.2) is 0 Å². The molecule has 6 aliphatic rings. The van der Waals surface area contributed by atoms with Crippen LogP contribution in [0.4, 0.5) is 35.9 Å². The average Bonchev–Trinajstić information content (AvgIpc) is 4.21. The number of nitrogens with one attached hydrogen (secondary N) is 4. The zero-order valence-corrected chi connectivity index (χ0v) is 42.6. The van der Waals surface area contributed by atoms with Gasteiger partial charge in [-0.15, -0.1) is 0 Å². The minimum Gasteiger partial charge on any atom is -0.488 e. The summed E-state index contributed by atoms with van der Waals surface area (Å²) in [7, 11) is 2.02. The second-order valence-electron chi connectivity index (χ2n) is 21.3. The molecule has 74 heavy (non-hydrogen) atoms. The average molecular weight is 1080 g/mol. The fraction of sp³-hybridized carbons (Fsp3) is 0.560. The lowest BCUT2D eigenvalue weighted by Crippen LogP contribution is -2.60. The van der Waals surface area contributed by atoms with Crippen LogP contribution < -0.4 is 20.1 Å². The van der Waals surface area contributed by atoms with Crippen molar-refractivity contribution in [2.24, 2.45) is 22.7 Å². The van der Waals surface area contributed by atoms with Crippen LogP contribution in [0.15, 0.2) is 24.3 Å². The summed E-state index contributed by atoms with van der Waals surface area (Å²) in [5.41, 5.74) is -0.603. The van der Waals surface area contributed by atoms with Gasteiger partial charge in [0.25, 0.3) is 0 Å². The maximum Gasteiger partial charge on any atom is 0.407 e. The van der Waals surface area contributed by atoms with Gasteiger partial charge >= 0.3 is 24.5 Å². The lowest BCUT2D eigenvalue weighted by atomic mass is 9.82. The van der Waals surface area contributed by atoms with Crippen LogP contribution in [0.5, 0.6) is 11.5 Å². The number of halogens is 8. The number of carbonyl (C=O) groups is 4. The summed E-state index contributed by atoms with van der Waals surface area (Å²) < 4.78 is 109. The first kappa shape index (κ1) is 51.6. The van der Waals surface area contributed by atoms with Crippen molar-refractivity contribution in [3.05, 3.63) is 57.3 Å². The Kier molecular flexibility index (Phi) is 12.9. The first-order valence-corrected chi connectivity index (χ1v) is 25.2. The lowest BCUT2D eigenvalue weighted by molar-refractivity contribution is -0.223. The number of ether oxygens (including phenoxy) is 4. The Morgan fingerprint density at radius 2 is 1.03 bits per heavy atom. The first-order valence-electron chi connectivity index (χ1n) is 24.4. The molecular formula is C50H54Cl2F6N8O8. The molecule has 0 bridgehead atoms. The van der Waals surface area contributed by atoms with E-state index in [1.807, 2.05) is 12.1 Å². The fourth-order valence-electron chi connectivity index (χ4n) is 12.2. The number of likely N-dealkylation sites (tertiary alicyclic amines) is 2. The summed E-state index contributed by atoms with van der Waals surface area (Å²) in [5.74, 6) is -0.289. The topological polar surface area (TPSA) is 193 Å². The van der Waals surface area contributed by atoms with E-state index in [2.05, 4.69) is 30.1 Å². The second kappa shape index (κ2) is 18.4. The van der Waals surface area contributed by atoms with Gasteiger partial charge in [0.2, 0.25) is 11.8 Å². The van der Waals surface area contributed by atoms with Gasteiger partial charge in [0, 0.05) is 45.5 Å². The van der Waals surface area contributed by atoms with Crippen LogP contribution in [0.2, 0.25) is 10.3 Å². The Morgan fingerprint density at radius 1 is 0.649 bits per heavy atom. The van der Waals surface area contributed by atoms with Crippen LogP contribution in [-0.2, 0) is 32.3 Å². The number of carbonyl (C=O) groups excluding carboxylic acids is 4. The Hall–Kier alpha value is -5.90. The molecule has 4 amide bonds. The van der Waals surface area contributed by atoms with Crippen LogP contribution in [0, 0.1) is 22.7 Å². The smallest absolute Gasteiger partial charge is 0.407 e. The van der Waals surface area contributed by atoms with Gasteiger partial charge < -0.3 is 49.3 Å². The number of aromatic amines is 2. The maximum absolute atomic E-state index is 14.5. The summed E-state index contributed by atoms with van der Waals surface area (Å²) in [5, 5.41) is 4.60. The highest BCUT2D eigenvalue weighted by molar-refractivity contribution is 6.32. The van der Waals surface area contributed by atoms with Gasteiger partial charge in [-0.05, 0) is 102 Å². The van der Waals surface area contributed by atoms with Crippen LogP contribution in [0.3, 0.4) is 0 Å². The molecule has 2 aromatic carbocycles. The van der Waals surface area contributed by atoms with E-state index in [9.17, 15) is 45.5 Å². The maximum atomic E-state index is 14.5. The Bertz CT molecular complexity index is 2700. The van der Waals surface area contributed by atoms with E-state index < -0.39 is 83.4 Å². The highest BCUT2D eigenvalue weighted by Gasteiger charge is 2.61. The fourth-order valence-corrected chi connectivity index (χ4v) is 12.7. The molecule has 6 heterocycles. The number of alkyl carbamates (subject to hydrolysis) is 2. The van der Waals surface area contributed by atoms with Gasteiger partial charge in [-0.1, -0.05) is 36.0 Å². The Balaban J connectivity index is 0.941. The van der Waals surface area contributed by atoms with Crippen LogP contribution in [0.25, 0.3) is 33.6 Å². The number of aromatic nitrogens is 4. The number of alkyl halides is 6. The molecule has 8 atom stereocenters.